The molecule has 0 spiro atoms. The predicted octanol–water partition coefficient (Wildman–Crippen LogP) is 1.43. The van der Waals surface area contributed by atoms with E-state index in [1.165, 1.54) is 6.33 Å². The SMILES string of the molecule is CNc1ncnc(COC)c1Br. The second kappa shape index (κ2) is 4.37. The Balaban J connectivity index is 2.97. The van der Waals surface area contributed by atoms with Crippen LogP contribution < -0.4 is 5.32 Å². The van der Waals surface area contributed by atoms with Gasteiger partial charge in [-0.1, -0.05) is 0 Å². The molecule has 0 aliphatic heterocycles. The highest BCUT2D eigenvalue weighted by Crippen LogP contribution is 2.21. The van der Waals surface area contributed by atoms with Gasteiger partial charge in [0.05, 0.1) is 16.8 Å². The molecular formula is C7H10BrN3O. The van der Waals surface area contributed by atoms with E-state index in [9.17, 15) is 0 Å². The normalized spacial score (nSPS) is 9.92. The van der Waals surface area contributed by atoms with Gasteiger partial charge in [0.25, 0.3) is 0 Å². The Morgan fingerprint density at radius 3 is 2.92 bits per heavy atom. The molecule has 0 fully saturated rings. The minimum absolute atomic E-state index is 0.484. The molecule has 1 aromatic heterocycles. The Morgan fingerprint density at radius 2 is 2.33 bits per heavy atom. The Bertz CT molecular complexity index is 267. The van der Waals surface area contributed by atoms with E-state index in [1.54, 1.807) is 7.11 Å². The summed E-state index contributed by atoms with van der Waals surface area (Å²) in [6.07, 6.45) is 1.50. The van der Waals surface area contributed by atoms with E-state index < -0.39 is 0 Å². The zero-order valence-electron chi connectivity index (χ0n) is 6.97. The number of nitrogens with zero attached hydrogens (tertiary/aromatic N) is 2. The molecule has 0 atom stereocenters. The molecule has 5 heteroatoms. The van der Waals surface area contributed by atoms with Crippen LogP contribution in [-0.2, 0) is 11.3 Å². The van der Waals surface area contributed by atoms with Crippen molar-refractivity contribution in [3.05, 3.63) is 16.5 Å². The highest BCUT2D eigenvalue weighted by Gasteiger charge is 2.05. The van der Waals surface area contributed by atoms with Gasteiger partial charge >= 0.3 is 0 Å². The first-order chi connectivity index (χ1) is 5.79. The summed E-state index contributed by atoms with van der Waals surface area (Å²) in [7, 11) is 3.44. The second-order valence-electron chi connectivity index (χ2n) is 2.17. The second-order valence-corrected chi connectivity index (χ2v) is 2.96. The van der Waals surface area contributed by atoms with Crippen LogP contribution in [0.5, 0.6) is 0 Å². The molecular weight excluding hydrogens is 222 g/mol. The maximum atomic E-state index is 4.96. The fraction of sp³-hybridized carbons (Fsp3) is 0.429. The van der Waals surface area contributed by atoms with Gasteiger partial charge in [0.15, 0.2) is 0 Å². The van der Waals surface area contributed by atoms with Crippen molar-refractivity contribution in [2.24, 2.45) is 0 Å². The molecule has 66 valence electrons. The minimum atomic E-state index is 0.484. The van der Waals surface area contributed by atoms with Gasteiger partial charge in [-0.2, -0.15) is 0 Å². The van der Waals surface area contributed by atoms with Crippen molar-refractivity contribution < 1.29 is 4.74 Å². The number of hydrogen-bond acceptors (Lipinski definition) is 4. The first-order valence-electron chi connectivity index (χ1n) is 3.45. The zero-order chi connectivity index (χ0) is 8.97. The number of aromatic nitrogens is 2. The first-order valence-corrected chi connectivity index (χ1v) is 4.25. The van der Waals surface area contributed by atoms with Crippen LogP contribution in [0, 0.1) is 0 Å². The van der Waals surface area contributed by atoms with Gasteiger partial charge < -0.3 is 10.1 Å². The Hall–Kier alpha value is -0.680. The maximum Gasteiger partial charge on any atom is 0.143 e. The molecule has 1 N–H and O–H groups in total. The lowest BCUT2D eigenvalue weighted by atomic mass is 10.4. The van der Waals surface area contributed by atoms with Crippen LogP contribution >= 0.6 is 15.9 Å². The number of hydrogen-bond donors (Lipinski definition) is 1. The summed E-state index contributed by atoms with van der Waals surface area (Å²) < 4.78 is 5.82. The number of ether oxygens (including phenoxy) is 1. The van der Waals surface area contributed by atoms with Crippen LogP contribution in [0.3, 0.4) is 0 Å². The van der Waals surface area contributed by atoms with Crippen LogP contribution in [-0.4, -0.2) is 24.1 Å². The molecule has 1 rings (SSSR count). The fourth-order valence-electron chi connectivity index (χ4n) is 0.818. The quantitative estimate of drug-likeness (QED) is 0.856. The summed E-state index contributed by atoms with van der Waals surface area (Å²) in [5.74, 6) is 0.775. The largest absolute Gasteiger partial charge is 0.378 e. The molecule has 0 bridgehead atoms. The fourth-order valence-corrected chi connectivity index (χ4v) is 1.34. The van der Waals surface area contributed by atoms with Crippen molar-refractivity contribution in [3.8, 4) is 0 Å². The summed E-state index contributed by atoms with van der Waals surface area (Å²) in [5.41, 5.74) is 0.844. The summed E-state index contributed by atoms with van der Waals surface area (Å²) >= 11 is 3.37. The maximum absolute atomic E-state index is 4.96. The van der Waals surface area contributed by atoms with Crippen molar-refractivity contribution in [1.29, 1.82) is 0 Å². The van der Waals surface area contributed by atoms with Gasteiger partial charge in [-0.05, 0) is 15.9 Å². The van der Waals surface area contributed by atoms with Crippen molar-refractivity contribution >= 4 is 21.7 Å². The Kier molecular flexibility index (Phi) is 3.43. The molecule has 4 nitrogen and oxygen atoms in total. The van der Waals surface area contributed by atoms with Crippen molar-refractivity contribution in [3.63, 3.8) is 0 Å². The smallest absolute Gasteiger partial charge is 0.143 e. The molecule has 0 aliphatic carbocycles. The topological polar surface area (TPSA) is 47.0 Å². The van der Waals surface area contributed by atoms with Gasteiger partial charge in [-0.25, -0.2) is 9.97 Å². The number of nitrogens with one attached hydrogen (secondary N) is 1. The monoisotopic (exact) mass is 231 g/mol. The molecule has 0 radical (unpaired) electrons. The molecule has 0 saturated heterocycles. The number of anilines is 1. The molecule has 1 heterocycles. The Morgan fingerprint density at radius 1 is 1.58 bits per heavy atom. The van der Waals surface area contributed by atoms with Gasteiger partial charge in [0.1, 0.15) is 12.1 Å². The molecule has 0 saturated carbocycles. The van der Waals surface area contributed by atoms with E-state index >= 15 is 0 Å². The standard InChI is InChI=1S/C7H10BrN3O/c1-9-7-6(8)5(3-12-2)10-4-11-7/h4H,3H2,1-2H3,(H,9,10,11). The van der Waals surface area contributed by atoms with Crippen molar-refractivity contribution in [2.45, 2.75) is 6.61 Å². The third-order valence-corrected chi connectivity index (χ3v) is 2.21. The van der Waals surface area contributed by atoms with E-state index in [0.29, 0.717) is 6.61 Å². The highest BCUT2D eigenvalue weighted by molar-refractivity contribution is 9.10. The van der Waals surface area contributed by atoms with E-state index in [4.69, 9.17) is 4.74 Å². The lowest BCUT2D eigenvalue weighted by Gasteiger charge is -2.05. The van der Waals surface area contributed by atoms with E-state index in [1.807, 2.05) is 7.05 Å². The van der Waals surface area contributed by atoms with E-state index in [-0.39, 0.29) is 0 Å². The van der Waals surface area contributed by atoms with E-state index in [0.717, 1.165) is 16.0 Å². The number of rotatable bonds is 3. The van der Waals surface area contributed by atoms with Gasteiger partial charge in [0.2, 0.25) is 0 Å². The first kappa shape index (κ1) is 9.41. The average molecular weight is 232 g/mol. The molecule has 0 unspecified atom stereocenters. The minimum Gasteiger partial charge on any atom is -0.378 e. The number of halogens is 1. The van der Waals surface area contributed by atoms with Crippen LogP contribution in [0.25, 0.3) is 0 Å². The molecule has 12 heavy (non-hydrogen) atoms. The number of methoxy groups -OCH3 is 1. The molecule has 0 aliphatic rings. The third-order valence-electron chi connectivity index (χ3n) is 1.38. The third kappa shape index (κ3) is 1.92. The molecule has 0 amide bonds. The van der Waals surface area contributed by atoms with Gasteiger partial charge in [-0.3, -0.25) is 0 Å². The Labute approximate surface area is 79.5 Å². The summed E-state index contributed by atoms with van der Waals surface area (Å²) in [4.78, 5) is 8.07. The van der Waals surface area contributed by atoms with E-state index in [2.05, 4.69) is 31.2 Å². The highest BCUT2D eigenvalue weighted by atomic mass is 79.9. The molecule has 0 aromatic carbocycles. The van der Waals surface area contributed by atoms with Crippen LogP contribution in [0.1, 0.15) is 5.69 Å². The zero-order valence-corrected chi connectivity index (χ0v) is 8.55. The average Bonchev–Trinajstić information content (AvgIpc) is 2.09. The predicted molar refractivity (Wildman–Crippen MR) is 50.0 cm³/mol. The van der Waals surface area contributed by atoms with Crippen molar-refractivity contribution in [2.75, 3.05) is 19.5 Å². The summed E-state index contributed by atoms with van der Waals surface area (Å²) in [6.45, 7) is 0.484. The van der Waals surface area contributed by atoms with Gasteiger partial charge in [-0.15, -0.1) is 0 Å². The summed E-state index contributed by atoms with van der Waals surface area (Å²) in [5, 5.41) is 2.94. The van der Waals surface area contributed by atoms with Crippen molar-refractivity contribution in [1.82, 2.24) is 9.97 Å². The lowest BCUT2D eigenvalue weighted by molar-refractivity contribution is 0.181. The lowest BCUT2D eigenvalue weighted by Crippen LogP contribution is -2.00. The molecule has 1 aromatic rings. The van der Waals surface area contributed by atoms with Crippen LogP contribution in [0.2, 0.25) is 0 Å². The summed E-state index contributed by atoms with van der Waals surface area (Å²) in [6, 6.07) is 0. The van der Waals surface area contributed by atoms with Crippen LogP contribution in [0.15, 0.2) is 10.8 Å². The van der Waals surface area contributed by atoms with Gasteiger partial charge in [0, 0.05) is 14.2 Å². The van der Waals surface area contributed by atoms with Crippen LogP contribution in [0.4, 0.5) is 5.82 Å².